The van der Waals surface area contributed by atoms with Crippen LogP contribution in [0, 0.1) is 0 Å². The highest BCUT2D eigenvalue weighted by Crippen LogP contribution is 2.20. The maximum absolute atomic E-state index is 11.3. The summed E-state index contributed by atoms with van der Waals surface area (Å²) >= 11 is 0. The van der Waals surface area contributed by atoms with Gasteiger partial charge in [0, 0.05) is 0 Å². The molecule has 0 aliphatic heterocycles. The first kappa shape index (κ1) is 25.6. The lowest BCUT2D eigenvalue weighted by molar-refractivity contribution is -0.126. The molecule has 0 heterocycles. The Morgan fingerprint density at radius 1 is 0.467 bits per heavy atom. The molecule has 6 amide bonds. The molecule has 0 bridgehead atoms. The lowest BCUT2D eigenvalue weighted by atomic mass is 10.0. The number of amides is 6. The van der Waals surface area contributed by atoms with E-state index in [1.165, 1.54) is 0 Å². The highest BCUT2D eigenvalue weighted by Gasteiger charge is 2.45. The Morgan fingerprint density at radius 3 is 0.933 bits per heavy atom. The minimum atomic E-state index is -2.01. The van der Waals surface area contributed by atoms with Crippen LogP contribution in [-0.2, 0) is 28.4 Å². The molecule has 0 rings (SSSR count). The summed E-state index contributed by atoms with van der Waals surface area (Å²) in [5.74, 6) is 0. The van der Waals surface area contributed by atoms with E-state index in [1.54, 1.807) is 0 Å². The molecule has 0 fully saturated rings. The Kier molecular flexibility index (Phi) is 10.4. The number of hydrogen-bond acceptors (Lipinski definition) is 12. The maximum Gasteiger partial charge on any atom is 0.405 e. The molecule has 18 nitrogen and oxygen atoms in total. The third-order valence-corrected chi connectivity index (χ3v) is 2.88. The third kappa shape index (κ3) is 10.7. The number of ether oxygens (including phenoxy) is 6. The zero-order chi connectivity index (χ0) is 23.4. The molecule has 170 valence electrons. The number of carbonyl (C=O) groups excluding carboxylic acids is 6. The van der Waals surface area contributed by atoms with Crippen molar-refractivity contribution in [2.75, 3.05) is 13.2 Å². The van der Waals surface area contributed by atoms with Crippen LogP contribution in [0.2, 0.25) is 0 Å². The van der Waals surface area contributed by atoms with Crippen molar-refractivity contribution in [3.63, 3.8) is 0 Å². The van der Waals surface area contributed by atoms with Gasteiger partial charge in [-0.25, -0.2) is 28.8 Å². The average Bonchev–Trinajstić information content (AvgIpc) is 2.57. The second kappa shape index (κ2) is 12.2. The molecule has 0 aliphatic carbocycles. The van der Waals surface area contributed by atoms with E-state index in [1.807, 2.05) is 0 Å². The molecule has 12 N–H and O–H groups in total. The first-order chi connectivity index (χ1) is 13.8. The van der Waals surface area contributed by atoms with Crippen molar-refractivity contribution in [2.45, 2.75) is 24.4 Å². The molecular formula is C12H20N6O12. The van der Waals surface area contributed by atoms with Gasteiger partial charge in [-0.1, -0.05) is 0 Å². The zero-order valence-corrected chi connectivity index (χ0v) is 15.1. The Morgan fingerprint density at radius 2 is 0.733 bits per heavy atom. The van der Waals surface area contributed by atoms with Crippen LogP contribution in [0.25, 0.3) is 0 Å². The fraction of sp³-hybridized carbons (Fsp3) is 0.500. The first-order valence-corrected chi connectivity index (χ1v) is 7.52. The van der Waals surface area contributed by atoms with Crippen molar-refractivity contribution in [2.24, 2.45) is 34.4 Å². The molecule has 0 aromatic rings. The van der Waals surface area contributed by atoms with Gasteiger partial charge in [0.15, 0.2) is 24.4 Å². The summed E-state index contributed by atoms with van der Waals surface area (Å²) < 4.78 is 27.6. The summed E-state index contributed by atoms with van der Waals surface area (Å²) in [7, 11) is 0. The van der Waals surface area contributed by atoms with Crippen LogP contribution < -0.4 is 34.4 Å². The second-order valence-electron chi connectivity index (χ2n) is 5.01. The number of carbonyl (C=O) groups is 6. The highest BCUT2D eigenvalue weighted by atomic mass is 16.7. The highest BCUT2D eigenvalue weighted by molar-refractivity contribution is 5.68. The van der Waals surface area contributed by atoms with E-state index >= 15 is 0 Å². The first-order valence-electron chi connectivity index (χ1n) is 7.52. The SMILES string of the molecule is NC(=O)OC[C@H](OC(N)=O)[C@@H](OC(N)=O)[C@H](OC(N)=O)[C@@H](COC(N)=O)OC(N)=O. The van der Waals surface area contributed by atoms with E-state index < -0.39 is 74.2 Å². The molecular weight excluding hydrogens is 420 g/mol. The molecule has 0 saturated carbocycles. The van der Waals surface area contributed by atoms with Gasteiger partial charge in [-0.3, -0.25) is 0 Å². The van der Waals surface area contributed by atoms with Gasteiger partial charge >= 0.3 is 36.6 Å². The number of nitrogens with two attached hydrogens (primary N) is 6. The smallest absolute Gasteiger partial charge is 0.405 e. The van der Waals surface area contributed by atoms with Gasteiger partial charge in [-0.15, -0.1) is 0 Å². The van der Waals surface area contributed by atoms with Gasteiger partial charge in [-0.05, 0) is 0 Å². The van der Waals surface area contributed by atoms with Crippen molar-refractivity contribution in [3.05, 3.63) is 0 Å². The molecule has 0 aliphatic rings. The van der Waals surface area contributed by atoms with Gasteiger partial charge in [0.1, 0.15) is 13.2 Å². The number of hydrogen-bond donors (Lipinski definition) is 6. The molecule has 30 heavy (non-hydrogen) atoms. The van der Waals surface area contributed by atoms with Gasteiger partial charge < -0.3 is 62.8 Å². The van der Waals surface area contributed by atoms with Crippen LogP contribution in [0.15, 0.2) is 0 Å². The Balaban J connectivity index is 6.19. The quantitative estimate of drug-likeness (QED) is 0.175. The third-order valence-electron chi connectivity index (χ3n) is 2.88. The zero-order valence-electron chi connectivity index (χ0n) is 15.1. The predicted octanol–water partition coefficient (Wildman–Crippen LogP) is -2.97. The Hall–Kier alpha value is -4.38. The van der Waals surface area contributed by atoms with Gasteiger partial charge in [-0.2, -0.15) is 0 Å². The van der Waals surface area contributed by atoms with Crippen LogP contribution in [-0.4, -0.2) is 74.2 Å². The standard InChI is InChI=1S/C12H20N6O12/c13-7(19)25-1-3(27-9(15)21)5(29-11(17)23)6(30-12(18)24)4(28-10(16)22)2-26-8(14)20/h3-6H,1-2H2,(H2,13,19)(H2,14,20)(H2,15,21)(H2,16,22)(H2,17,23)(H2,18,24)/t3-,4+,5-,6-/m1/s1. The van der Waals surface area contributed by atoms with Crippen LogP contribution >= 0.6 is 0 Å². The number of primary amides is 6. The van der Waals surface area contributed by atoms with E-state index in [-0.39, 0.29) is 0 Å². The lowest BCUT2D eigenvalue weighted by Crippen LogP contribution is -2.56. The van der Waals surface area contributed by atoms with Crippen LogP contribution in [0.4, 0.5) is 28.8 Å². The van der Waals surface area contributed by atoms with E-state index in [4.69, 9.17) is 43.9 Å². The molecule has 0 aromatic heterocycles. The topological polar surface area (TPSA) is 314 Å². The average molecular weight is 440 g/mol. The van der Waals surface area contributed by atoms with Gasteiger partial charge in [0.05, 0.1) is 0 Å². The van der Waals surface area contributed by atoms with E-state index in [0.717, 1.165) is 0 Å². The summed E-state index contributed by atoms with van der Waals surface area (Å²) in [6.45, 7) is -1.84. The maximum atomic E-state index is 11.3. The van der Waals surface area contributed by atoms with E-state index in [9.17, 15) is 28.8 Å². The largest absolute Gasteiger partial charge is 0.446 e. The van der Waals surface area contributed by atoms with Crippen molar-refractivity contribution >= 4 is 36.6 Å². The molecule has 0 aromatic carbocycles. The van der Waals surface area contributed by atoms with Crippen LogP contribution in [0.5, 0.6) is 0 Å². The molecule has 0 spiro atoms. The lowest BCUT2D eigenvalue weighted by Gasteiger charge is -2.34. The monoisotopic (exact) mass is 440 g/mol. The second-order valence-corrected chi connectivity index (χ2v) is 5.01. The summed E-state index contributed by atoms with van der Waals surface area (Å²) in [6.07, 6.45) is -16.5. The molecule has 0 radical (unpaired) electrons. The fourth-order valence-electron chi connectivity index (χ4n) is 2.00. The van der Waals surface area contributed by atoms with Crippen LogP contribution in [0.1, 0.15) is 0 Å². The minimum Gasteiger partial charge on any atom is -0.446 e. The molecule has 0 unspecified atom stereocenters. The summed E-state index contributed by atoms with van der Waals surface area (Å²) in [5, 5.41) is 0. The van der Waals surface area contributed by atoms with Crippen molar-refractivity contribution in [3.8, 4) is 0 Å². The van der Waals surface area contributed by atoms with E-state index in [2.05, 4.69) is 18.9 Å². The Labute approximate surface area is 166 Å². The van der Waals surface area contributed by atoms with Gasteiger partial charge in [0.25, 0.3) is 0 Å². The number of rotatable bonds is 11. The Bertz CT molecular complexity index is 616. The summed E-state index contributed by atoms with van der Waals surface area (Å²) in [4.78, 5) is 66.8. The molecule has 0 saturated heterocycles. The molecule has 18 heteroatoms. The summed E-state index contributed by atoms with van der Waals surface area (Å²) in [6, 6.07) is 0. The van der Waals surface area contributed by atoms with Crippen molar-refractivity contribution in [1.29, 1.82) is 0 Å². The van der Waals surface area contributed by atoms with Crippen LogP contribution in [0.3, 0.4) is 0 Å². The predicted molar refractivity (Wildman–Crippen MR) is 88.9 cm³/mol. The minimum absolute atomic E-state index is 0.922. The van der Waals surface area contributed by atoms with E-state index in [0.29, 0.717) is 0 Å². The molecule has 4 atom stereocenters. The summed E-state index contributed by atoms with van der Waals surface area (Å²) in [5.41, 5.74) is 29.3. The van der Waals surface area contributed by atoms with Crippen molar-refractivity contribution in [1.82, 2.24) is 0 Å². The van der Waals surface area contributed by atoms with Gasteiger partial charge in [0.2, 0.25) is 0 Å². The van der Waals surface area contributed by atoms with Crippen molar-refractivity contribution < 1.29 is 57.2 Å². The normalized spacial score (nSPS) is 14.0. The fourth-order valence-corrected chi connectivity index (χ4v) is 2.00.